The van der Waals surface area contributed by atoms with E-state index in [0.717, 1.165) is 12.8 Å². The van der Waals surface area contributed by atoms with Gasteiger partial charge in [-0.05, 0) is 88.7 Å². The van der Waals surface area contributed by atoms with Gasteiger partial charge in [0.1, 0.15) is 12.7 Å². The maximum Gasteiger partial charge on any atom is 0.311 e. The van der Waals surface area contributed by atoms with Crippen LogP contribution in [-0.4, -0.2) is 70.7 Å². The minimum Gasteiger partial charge on any atom is -0.461 e. The molecule has 3 unspecified atom stereocenters. The Hall–Kier alpha value is -1.14. The first-order chi connectivity index (χ1) is 13.5. The molecule has 0 saturated carbocycles. The lowest BCUT2D eigenvalue weighted by Crippen LogP contribution is -2.48. The molecule has 2 rings (SSSR count). The molecule has 2 aliphatic heterocycles. The third-order valence-corrected chi connectivity index (χ3v) is 8.38. The highest BCUT2D eigenvalue weighted by molar-refractivity contribution is 5.76. The van der Waals surface area contributed by atoms with E-state index >= 15 is 0 Å². The smallest absolute Gasteiger partial charge is 0.311 e. The third-order valence-electron chi connectivity index (χ3n) is 8.38. The van der Waals surface area contributed by atoms with Crippen LogP contribution in [0.5, 0.6) is 0 Å². The van der Waals surface area contributed by atoms with Gasteiger partial charge in [-0.1, -0.05) is 6.92 Å². The summed E-state index contributed by atoms with van der Waals surface area (Å²) in [6.45, 7) is 19.1. The molecule has 174 valence electrons. The van der Waals surface area contributed by atoms with E-state index in [1.54, 1.807) is 0 Å². The molecule has 0 aromatic rings. The number of hydrogen-bond donors (Lipinski definition) is 0. The summed E-state index contributed by atoms with van der Waals surface area (Å²) < 4.78 is 11.5. The van der Waals surface area contributed by atoms with Gasteiger partial charge in [-0.15, -0.1) is 0 Å². The van der Waals surface area contributed by atoms with Crippen molar-refractivity contribution in [3.05, 3.63) is 0 Å². The highest BCUT2D eigenvalue weighted by Gasteiger charge is 2.54. The summed E-state index contributed by atoms with van der Waals surface area (Å²) in [6, 6.07) is 0. The van der Waals surface area contributed by atoms with Gasteiger partial charge < -0.3 is 9.47 Å². The van der Waals surface area contributed by atoms with Gasteiger partial charge in [0.2, 0.25) is 0 Å². The third kappa shape index (κ3) is 4.40. The number of nitrogens with zero attached hydrogens (tertiary/aromatic N) is 2. The first-order valence-electron chi connectivity index (χ1n) is 11.3. The molecule has 0 spiro atoms. The molecule has 0 N–H and O–H groups in total. The van der Waals surface area contributed by atoms with Gasteiger partial charge in [-0.25, -0.2) is 0 Å². The Labute approximate surface area is 183 Å². The summed E-state index contributed by atoms with van der Waals surface area (Å²) in [5.74, 6) is -0.796. The maximum atomic E-state index is 13.0. The number of hydrogen-bond acceptors (Lipinski definition) is 6. The molecule has 6 heteroatoms. The molecule has 0 radical (unpaired) electrons. The molecular weight excluding hydrogens is 380 g/mol. The summed E-state index contributed by atoms with van der Waals surface area (Å²) in [7, 11) is 4.12. The van der Waals surface area contributed by atoms with Crippen molar-refractivity contribution in [1.29, 1.82) is 0 Å². The fraction of sp³-hybridized carbons (Fsp3) is 0.917. The molecule has 6 nitrogen and oxygen atoms in total. The highest BCUT2D eigenvalue weighted by Crippen LogP contribution is 2.45. The Bertz CT molecular complexity index is 668. The van der Waals surface area contributed by atoms with E-state index in [-0.39, 0.29) is 52.5 Å². The largest absolute Gasteiger partial charge is 0.461 e. The quantitative estimate of drug-likeness (QED) is 0.603. The lowest BCUT2D eigenvalue weighted by atomic mass is 9.87. The Kier molecular flexibility index (Phi) is 6.77. The van der Waals surface area contributed by atoms with E-state index < -0.39 is 6.10 Å². The van der Waals surface area contributed by atoms with Crippen molar-refractivity contribution in [3.8, 4) is 0 Å². The highest BCUT2D eigenvalue weighted by atomic mass is 16.6. The lowest BCUT2D eigenvalue weighted by Gasteiger charge is -2.38. The predicted octanol–water partition coefficient (Wildman–Crippen LogP) is 3.87. The molecule has 30 heavy (non-hydrogen) atoms. The average Bonchev–Trinajstić information content (AvgIpc) is 2.91. The molecule has 0 aromatic carbocycles. The van der Waals surface area contributed by atoms with Crippen molar-refractivity contribution >= 4 is 11.9 Å². The first-order valence-corrected chi connectivity index (χ1v) is 11.3. The summed E-state index contributed by atoms with van der Waals surface area (Å²) in [5.41, 5.74) is -0.673. The number of carbonyl (C=O) groups excluding carboxylic acids is 2. The summed E-state index contributed by atoms with van der Waals surface area (Å²) in [4.78, 5) is 30.4. The first kappa shape index (κ1) is 25.1. The summed E-state index contributed by atoms with van der Waals surface area (Å²) >= 11 is 0. The Morgan fingerprint density at radius 1 is 0.833 bits per heavy atom. The van der Waals surface area contributed by atoms with Gasteiger partial charge in [-0.2, -0.15) is 0 Å². The van der Waals surface area contributed by atoms with Crippen molar-refractivity contribution in [3.63, 3.8) is 0 Å². The van der Waals surface area contributed by atoms with Crippen LogP contribution in [0.3, 0.4) is 0 Å². The van der Waals surface area contributed by atoms with Crippen LogP contribution in [0, 0.1) is 11.8 Å². The minimum absolute atomic E-state index is 0.0588. The standard InChI is InChI=1S/C24H44N2O4/c1-12-16(30-20(28)18-14-22(4,5)26(11)24(18,8)9)15-29-19(27)17-13-21(2,3)25(10)23(17,6)7/h16-18H,12-15H2,1-11H3. The van der Waals surface area contributed by atoms with Crippen LogP contribution in [0.1, 0.15) is 81.6 Å². The zero-order chi connectivity index (χ0) is 23.3. The van der Waals surface area contributed by atoms with E-state index in [0.29, 0.717) is 6.42 Å². The molecule has 2 saturated heterocycles. The van der Waals surface area contributed by atoms with Crippen molar-refractivity contribution in [2.45, 2.75) is 110 Å². The molecule has 0 amide bonds. The predicted molar refractivity (Wildman–Crippen MR) is 119 cm³/mol. The zero-order valence-electron chi connectivity index (χ0n) is 21.1. The van der Waals surface area contributed by atoms with Gasteiger partial charge in [0.25, 0.3) is 0 Å². The number of ether oxygens (including phenoxy) is 2. The average molecular weight is 425 g/mol. The number of rotatable bonds is 6. The monoisotopic (exact) mass is 424 g/mol. The van der Waals surface area contributed by atoms with E-state index in [9.17, 15) is 9.59 Å². The second-order valence-corrected chi connectivity index (χ2v) is 11.7. The van der Waals surface area contributed by atoms with Crippen LogP contribution in [0.25, 0.3) is 0 Å². The second kappa shape index (κ2) is 8.09. The van der Waals surface area contributed by atoms with Crippen LogP contribution >= 0.6 is 0 Å². The Morgan fingerprint density at radius 3 is 1.57 bits per heavy atom. The SMILES string of the molecule is CCC(COC(=O)C1CC(C)(C)N(C)C1(C)C)OC(=O)C1CC(C)(C)N(C)C1(C)C. The van der Waals surface area contributed by atoms with Gasteiger partial charge in [-0.3, -0.25) is 19.4 Å². The normalized spacial score (nSPS) is 30.8. The van der Waals surface area contributed by atoms with Gasteiger partial charge in [0.15, 0.2) is 0 Å². The van der Waals surface area contributed by atoms with Crippen LogP contribution < -0.4 is 0 Å². The van der Waals surface area contributed by atoms with Crippen LogP contribution in [0.15, 0.2) is 0 Å². The van der Waals surface area contributed by atoms with Gasteiger partial charge >= 0.3 is 11.9 Å². The zero-order valence-corrected chi connectivity index (χ0v) is 21.1. The van der Waals surface area contributed by atoms with Crippen molar-refractivity contribution < 1.29 is 19.1 Å². The van der Waals surface area contributed by atoms with Crippen LogP contribution in [0.4, 0.5) is 0 Å². The van der Waals surface area contributed by atoms with Gasteiger partial charge in [0.05, 0.1) is 11.8 Å². The molecule has 0 bridgehead atoms. The van der Waals surface area contributed by atoms with E-state index in [1.165, 1.54) is 0 Å². The van der Waals surface area contributed by atoms with Gasteiger partial charge in [0, 0.05) is 22.2 Å². The minimum atomic E-state index is -0.415. The van der Waals surface area contributed by atoms with E-state index in [2.05, 4.69) is 79.3 Å². The fourth-order valence-electron chi connectivity index (χ4n) is 5.30. The number of carbonyl (C=O) groups is 2. The number of esters is 2. The van der Waals surface area contributed by atoms with E-state index in [4.69, 9.17) is 9.47 Å². The summed E-state index contributed by atoms with van der Waals surface area (Å²) in [5, 5.41) is 0. The Morgan fingerprint density at radius 2 is 1.23 bits per heavy atom. The van der Waals surface area contributed by atoms with Crippen molar-refractivity contribution in [1.82, 2.24) is 9.80 Å². The van der Waals surface area contributed by atoms with Crippen molar-refractivity contribution in [2.24, 2.45) is 11.8 Å². The molecule has 0 aromatic heterocycles. The number of likely N-dealkylation sites (tertiary alicyclic amines) is 2. The molecule has 0 aliphatic carbocycles. The lowest BCUT2D eigenvalue weighted by molar-refractivity contribution is -0.167. The topological polar surface area (TPSA) is 59.1 Å². The molecule has 2 fully saturated rings. The maximum absolute atomic E-state index is 13.0. The summed E-state index contributed by atoms with van der Waals surface area (Å²) in [6.07, 6.45) is 1.71. The Balaban J connectivity index is 1.98. The molecular formula is C24H44N2O4. The molecule has 3 atom stereocenters. The second-order valence-electron chi connectivity index (χ2n) is 11.7. The van der Waals surface area contributed by atoms with Crippen LogP contribution in [0.2, 0.25) is 0 Å². The van der Waals surface area contributed by atoms with E-state index in [1.807, 2.05) is 6.92 Å². The molecule has 2 aliphatic rings. The van der Waals surface area contributed by atoms with Crippen LogP contribution in [-0.2, 0) is 19.1 Å². The molecule has 2 heterocycles. The van der Waals surface area contributed by atoms with Crippen molar-refractivity contribution in [2.75, 3.05) is 20.7 Å². The fourth-order valence-corrected chi connectivity index (χ4v) is 5.30.